The number of unbranched alkanes of at least 4 members (excludes halogenated alkanes) is 14. The molecule has 0 aromatic rings. The van der Waals surface area contributed by atoms with Crippen molar-refractivity contribution in [1.82, 2.24) is 0 Å². The minimum Gasteiger partial charge on any atom is -0.432 e. The third-order valence-electron chi connectivity index (χ3n) is 7.84. The second-order valence-corrected chi connectivity index (χ2v) is 13.6. The molecule has 10 heteroatoms. The normalized spacial score (nSPS) is 14.6. The molecule has 0 aromatic heterocycles. The number of hydrogen-bond donors (Lipinski definition) is 0. The number of ether oxygens (including phenoxy) is 6. The number of carbonyl (C=O) groups excluding carboxylic acids is 2. The topological polar surface area (TPSA) is 107 Å². The fourth-order valence-electron chi connectivity index (χ4n) is 4.84. The van der Waals surface area contributed by atoms with Gasteiger partial charge in [-0.25, -0.2) is 9.59 Å². The van der Waals surface area contributed by atoms with Gasteiger partial charge >= 0.3 is 17.5 Å². The van der Waals surface area contributed by atoms with Gasteiger partial charge in [-0.2, -0.15) is 0 Å². The van der Waals surface area contributed by atoms with Crippen LogP contribution in [0.1, 0.15) is 170 Å². The molecule has 0 saturated heterocycles. The lowest BCUT2D eigenvalue weighted by molar-refractivity contribution is -0.366. The van der Waals surface area contributed by atoms with E-state index < -0.39 is 44.8 Å². The Morgan fingerprint density at radius 3 is 1.48 bits per heavy atom. The van der Waals surface area contributed by atoms with Crippen LogP contribution in [-0.4, -0.2) is 49.6 Å². The van der Waals surface area contributed by atoms with Gasteiger partial charge in [-0.15, -0.1) is 0 Å². The maximum absolute atomic E-state index is 13.4. The summed E-state index contributed by atoms with van der Waals surface area (Å²) in [5.41, 5.74) is -1.55. The highest BCUT2D eigenvalue weighted by atomic mass is 31.1. The SMILES string of the molecule is C=C(C)C(=O)OC(CCCCCC)OC(OCCCCCCC)C(OCCCCCCC)(OC(CCCCCC)OC(=O)C(=C)C)P=O. The Bertz CT molecular complexity index is 880. The van der Waals surface area contributed by atoms with E-state index in [1.54, 1.807) is 13.8 Å². The summed E-state index contributed by atoms with van der Waals surface area (Å²) in [6.07, 6.45) is 14.5. The minimum absolute atomic E-state index is 0.211. The quantitative estimate of drug-likeness (QED) is 0.0213. The Kier molecular flexibility index (Phi) is 29.2. The zero-order valence-electron chi connectivity index (χ0n) is 31.3. The summed E-state index contributed by atoms with van der Waals surface area (Å²) in [7, 11) is -0.577. The highest BCUT2D eigenvalue weighted by Crippen LogP contribution is 2.38. The van der Waals surface area contributed by atoms with Gasteiger partial charge in [0.15, 0.2) is 0 Å². The van der Waals surface area contributed by atoms with E-state index in [0.717, 1.165) is 103 Å². The average Bonchev–Trinajstić information content (AvgIpc) is 3.06. The number of rotatable bonds is 34. The molecule has 0 bridgehead atoms. The highest BCUT2D eigenvalue weighted by molar-refractivity contribution is 7.25. The van der Waals surface area contributed by atoms with Crippen LogP contribution in [-0.2, 0) is 42.6 Å². The van der Waals surface area contributed by atoms with E-state index in [2.05, 4.69) is 40.9 Å². The van der Waals surface area contributed by atoms with Gasteiger partial charge in [0.1, 0.15) is 0 Å². The Hall–Kier alpha value is -1.64. The third-order valence-corrected chi connectivity index (χ3v) is 8.54. The molecule has 280 valence electrons. The molecule has 0 spiro atoms. The molecular weight excluding hydrogens is 631 g/mol. The minimum atomic E-state index is -2.00. The van der Waals surface area contributed by atoms with Gasteiger partial charge < -0.3 is 23.7 Å². The average molecular weight is 701 g/mol. The van der Waals surface area contributed by atoms with Crippen LogP contribution in [0.5, 0.6) is 0 Å². The molecule has 0 aliphatic rings. The lowest BCUT2D eigenvalue weighted by atomic mass is 10.1. The molecule has 0 aliphatic heterocycles. The van der Waals surface area contributed by atoms with E-state index in [0.29, 0.717) is 25.7 Å². The zero-order chi connectivity index (χ0) is 36.0. The Balaban J connectivity index is 6.61. The van der Waals surface area contributed by atoms with Crippen molar-refractivity contribution in [2.75, 3.05) is 13.2 Å². The molecule has 0 aromatic carbocycles. The zero-order valence-corrected chi connectivity index (χ0v) is 32.2. The number of hydrogen-bond acceptors (Lipinski definition) is 9. The molecule has 0 heterocycles. The fourth-order valence-corrected chi connectivity index (χ4v) is 5.36. The van der Waals surface area contributed by atoms with Gasteiger partial charge in [0.2, 0.25) is 27.3 Å². The first-order valence-electron chi connectivity index (χ1n) is 18.8. The van der Waals surface area contributed by atoms with Crippen molar-refractivity contribution in [3.05, 3.63) is 24.3 Å². The van der Waals surface area contributed by atoms with Gasteiger partial charge in [0.05, 0.1) is 6.61 Å². The van der Waals surface area contributed by atoms with Gasteiger partial charge in [-0.1, -0.05) is 131 Å². The number of esters is 2. The van der Waals surface area contributed by atoms with Crippen LogP contribution in [0.15, 0.2) is 24.3 Å². The molecule has 0 saturated carbocycles. The summed E-state index contributed by atoms with van der Waals surface area (Å²) >= 11 is 0. The standard InChI is InChI=1S/C38H69O9P/c1-9-13-17-21-25-29-42-37(46-33(27-23-19-15-11-3)44-35(39)31(5)6)38(48-41,43-30-26-22-18-14-10-2)47-34(28-24-20-16-12-4)45-36(40)32(7)8/h33-34,37H,5,7,9-30H2,1-4,6,8H3. The summed E-state index contributed by atoms with van der Waals surface area (Å²) in [4.78, 5) is 25.4. The molecule has 48 heavy (non-hydrogen) atoms. The predicted molar refractivity (Wildman–Crippen MR) is 193 cm³/mol. The third kappa shape index (κ3) is 22.2. The van der Waals surface area contributed by atoms with Gasteiger partial charge in [-0.05, 0) is 39.5 Å². The molecule has 0 amide bonds. The second-order valence-electron chi connectivity index (χ2n) is 12.8. The summed E-state index contributed by atoms with van der Waals surface area (Å²) < 4.78 is 50.3. The molecular formula is C38H69O9P. The van der Waals surface area contributed by atoms with Gasteiger partial charge in [0, 0.05) is 30.6 Å². The molecule has 0 radical (unpaired) electrons. The van der Waals surface area contributed by atoms with Crippen LogP contribution in [0.3, 0.4) is 0 Å². The first-order chi connectivity index (χ1) is 23.1. The molecule has 0 rings (SSSR count). The molecule has 0 N–H and O–H groups in total. The van der Waals surface area contributed by atoms with Crippen molar-refractivity contribution in [3.8, 4) is 0 Å². The van der Waals surface area contributed by atoms with E-state index in [1.165, 1.54) is 0 Å². The summed E-state index contributed by atoms with van der Waals surface area (Å²) in [5.74, 6) is -1.22. The lowest BCUT2D eigenvalue weighted by Gasteiger charge is -2.38. The molecule has 9 nitrogen and oxygen atoms in total. The van der Waals surface area contributed by atoms with Crippen LogP contribution < -0.4 is 0 Å². The lowest BCUT2D eigenvalue weighted by Crippen LogP contribution is -2.50. The van der Waals surface area contributed by atoms with E-state index in [4.69, 9.17) is 28.4 Å². The van der Waals surface area contributed by atoms with Crippen molar-refractivity contribution in [3.63, 3.8) is 0 Å². The van der Waals surface area contributed by atoms with E-state index in [9.17, 15) is 14.2 Å². The van der Waals surface area contributed by atoms with Crippen LogP contribution >= 0.6 is 8.46 Å². The van der Waals surface area contributed by atoms with Crippen molar-refractivity contribution >= 4 is 20.4 Å². The predicted octanol–water partition coefficient (Wildman–Crippen LogP) is 11.1. The maximum Gasteiger partial charge on any atom is 0.335 e. The Morgan fingerprint density at radius 1 is 0.604 bits per heavy atom. The maximum atomic E-state index is 13.4. The number of carbonyl (C=O) groups is 2. The fraction of sp³-hybridized carbons (Fsp3) is 0.842. The first-order valence-corrected chi connectivity index (χ1v) is 19.6. The van der Waals surface area contributed by atoms with Gasteiger partial charge in [-0.3, -0.25) is 9.30 Å². The molecule has 4 unspecified atom stereocenters. The van der Waals surface area contributed by atoms with E-state index >= 15 is 0 Å². The van der Waals surface area contributed by atoms with Crippen LogP contribution in [0.25, 0.3) is 0 Å². The molecule has 0 fully saturated rings. The van der Waals surface area contributed by atoms with Crippen molar-refractivity contribution < 1.29 is 42.6 Å². The van der Waals surface area contributed by atoms with E-state index in [-0.39, 0.29) is 24.4 Å². The summed E-state index contributed by atoms with van der Waals surface area (Å²) in [6, 6.07) is 0. The second kappa shape index (κ2) is 30.2. The smallest absolute Gasteiger partial charge is 0.335 e. The monoisotopic (exact) mass is 700 g/mol. The van der Waals surface area contributed by atoms with Crippen molar-refractivity contribution in [1.29, 1.82) is 0 Å². The van der Waals surface area contributed by atoms with Crippen molar-refractivity contribution in [2.45, 2.75) is 194 Å². The van der Waals surface area contributed by atoms with Gasteiger partial charge in [0.25, 0.3) is 0 Å². The largest absolute Gasteiger partial charge is 0.432 e. The molecule has 4 atom stereocenters. The molecule has 0 aliphatic carbocycles. The summed E-state index contributed by atoms with van der Waals surface area (Å²) in [6.45, 7) is 19.6. The Morgan fingerprint density at radius 2 is 1.02 bits per heavy atom. The van der Waals surface area contributed by atoms with Crippen LogP contribution in [0, 0.1) is 0 Å². The Labute approximate surface area is 294 Å². The van der Waals surface area contributed by atoms with Crippen molar-refractivity contribution in [2.24, 2.45) is 0 Å². The summed E-state index contributed by atoms with van der Waals surface area (Å²) in [5, 5.41) is 0. The van der Waals surface area contributed by atoms with Crippen LogP contribution in [0.4, 0.5) is 0 Å². The highest BCUT2D eigenvalue weighted by Gasteiger charge is 2.49. The first kappa shape index (κ1) is 46.4. The van der Waals surface area contributed by atoms with E-state index in [1.807, 2.05) is 0 Å². The van der Waals surface area contributed by atoms with Crippen LogP contribution in [0.2, 0.25) is 0 Å².